The van der Waals surface area contributed by atoms with Crippen LogP contribution < -0.4 is 5.32 Å². The number of aliphatic hydroxyl groups excluding tert-OH is 1. The molecule has 0 saturated carbocycles. The number of nitrogens with one attached hydrogen (secondary N) is 1. The lowest BCUT2D eigenvalue weighted by Gasteiger charge is -2.09. The highest BCUT2D eigenvalue weighted by molar-refractivity contribution is 7.98. The molecule has 1 aromatic rings. The van der Waals surface area contributed by atoms with E-state index in [2.05, 4.69) is 5.32 Å². The van der Waals surface area contributed by atoms with E-state index in [0.29, 0.717) is 10.6 Å². The van der Waals surface area contributed by atoms with Crippen LogP contribution in [0.15, 0.2) is 23.1 Å². The SMILES string of the molecule is CSc1ccc(Cl)c(C(=O)NC[C@H](C)O)c1. The summed E-state index contributed by atoms with van der Waals surface area (Å²) in [5.74, 6) is -0.262. The quantitative estimate of drug-likeness (QED) is 0.815. The van der Waals surface area contributed by atoms with E-state index in [1.807, 2.05) is 12.3 Å². The minimum atomic E-state index is -0.563. The van der Waals surface area contributed by atoms with Crippen molar-refractivity contribution in [2.24, 2.45) is 0 Å². The third-order valence-electron chi connectivity index (χ3n) is 1.98. The molecule has 2 N–H and O–H groups in total. The minimum absolute atomic E-state index is 0.221. The molecule has 0 aliphatic carbocycles. The van der Waals surface area contributed by atoms with E-state index in [0.717, 1.165) is 4.90 Å². The second-order valence-electron chi connectivity index (χ2n) is 3.40. The summed E-state index contributed by atoms with van der Waals surface area (Å²) in [6, 6.07) is 5.30. The van der Waals surface area contributed by atoms with E-state index in [4.69, 9.17) is 16.7 Å². The van der Waals surface area contributed by atoms with Crippen LogP contribution in [0.4, 0.5) is 0 Å². The normalized spacial score (nSPS) is 12.2. The van der Waals surface area contributed by atoms with Gasteiger partial charge in [0.05, 0.1) is 16.7 Å². The molecule has 0 aliphatic rings. The molecular formula is C11H14ClNO2S. The highest BCUT2D eigenvalue weighted by Crippen LogP contribution is 2.22. The molecule has 1 aromatic carbocycles. The van der Waals surface area contributed by atoms with Gasteiger partial charge < -0.3 is 10.4 Å². The fourth-order valence-electron chi connectivity index (χ4n) is 1.14. The summed E-state index contributed by atoms with van der Waals surface area (Å²) < 4.78 is 0. The maximum atomic E-state index is 11.7. The Balaban J connectivity index is 2.81. The molecule has 16 heavy (non-hydrogen) atoms. The Morgan fingerprint density at radius 2 is 2.31 bits per heavy atom. The predicted molar refractivity (Wildman–Crippen MR) is 67.2 cm³/mol. The van der Waals surface area contributed by atoms with Crippen LogP contribution in [0.5, 0.6) is 0 Å². The van der Waals surface area contributed by atoms with Crippen molar-refractivity contribution in [3.8, 4) is 0 Å². The average molecular weight is 260 g/mol. The Morgan fingerprint density at radius 1 is 1.62 bits per heavy atom. The zero-order valence-corrected chi connectivity index (χ0v) is 10.7. The molecule has 0 fully saturated rings. The number of amides is 1. The number of halogens is 1. The average Bonchev–Trinajstić information content (AvgIpc) is 2.26. The first-order valence-corrected chi connectivity index (χ1v) is 6.44. The minimum Gasteiger partial charge on any atom is -0.392 e. The second-order valence-corrected chi connectivity index (χ2v) is 4.69. The molecule has 0 aromatic heterocycles. The van der Waals surface area contributed by atoms with Gasteiger partial charge in [0, 0.05) is 11.4 Å². The Bertz CT molecular complexity index is 382. The molecule has 0 bridgehead atoms. The van der Waals surface area contributed by atoms with Crippen molar-refractivity contribution >= 4 is 29.3 Å². The van der Waals surface area contributed by atoms with E-state index in [9.17, 15) is 4.79 Å². The molecule has 1 amide bonds. The molecule has 0 saturated heterocycles. The van der Waals surface area contributed by atoms with Crippen molar-refractivity contribution in [1.82, 2.24) is 5.32 Å². The van der Waals surface area contributed by atoms with Crippen molar-refractivity contribution in [2.45, 2.75) is 17.9 Å². The summed E-state index contributed by atoms with van der Waals surface area (Å²) in [5.41, 5.74) is 0.439. The molecule has 0 unspecified atom stereocenters. The van der Waals surface area contributed by atoms with Gasteiger partial charge in [0.2, 0.25) is 0 Å². The molecular weight excluding hydrogens is 246 g/mol. The van der Waals surface area contributed by atoms with Gasteiger partial charge in [-0.1, -0.05) is 11.6 Å². The lowest BCUT2D eigenvalue weighted by Crippen LogP contribution is -2.30. The first kappa shape index (κ1) is 13.4. The van der Waals surface area contributed by atoms with Gasteiger partial charge in [0.25, 0.3) is 5.91 Å². The second kappa shape index (κ2) is 6.13. The van der Waals surface area contributed by atoms with Crippen molar-refractivity contribution in [3.05, 3.63) is 28.8 Å². The number of rotatable bonds is 4. The van der Waals surface area contributed by atoms with Gasteiger partial charge in [0.1, 0.15) is 0 Å². The van der Waals surface area contributed by atoms with Crippen molar-refractivity contribution in [1.29, 1.82) is 0 Å². The third kappa shape index (κ3) is 3.70. The Morgan fingerprint density at radius 3 is 2.88 bits per heavy atom. The van der Waals surface area contributed by atoms with Crippen LogP contribution in [0.1, 0.15) is 17.3 Å². The summed E-state index contributed by atoms with van der Waals surface area (Å²) in [7, 11) is 0. The van der Waals surface area contributed by atoms with Crippen LogP contribution >= 0.6 is 23.4 Å². The smallest absolute Gasteiger partial charge is 0.252 e. The van der Waals surface area contributed by atoms with Crippen LogP contribution in [0.25, 0.3) is 0 Å². The monoisotopic (exact) mass is 259 g/mol. The van der Waals surface area contributed by atoms with Gasteiger partial charge in [-0.25, -0.2) is 0 Å². The molecule has 0 radical (unpaired) electrons. The lowest BCUT2D eigenvalue weighted by molar-refractivity contribution is 0.0924. The number of benzene rings is 1. The molecule has 5 heteroatoms. The van der Waals surface area contributed by atoms with E-state index in [-0.39, 0.29) is 12.5 Å². The van der Waals surface area contributed by atoms with Crippen LogP contribution in [0.2, 0.25) is 5.02 Å². The molecule has 88 valence electrons. The standard InChI is InChI=1S/C11H14ClNO2S/c1-7(14)6-13-11(15)9-5-8(16-2)3-4-10(9)12/h3-5,7,14H,6H2,1-2H3,(H,13,15)/t7-/m0/s1. The van der Waals surface area contributed by atoms with E-state index in [1.165, 1.54) is 0 Å². The summed E-state index contributed by atoms with van der Waals surface area (Å²) in [5, 5.41) is 12.1. The molecule has 0 spiro atoms. The van der Waals surface area contributed by atoms with Crippen LogP contribution in [0.3, 0.4) is 0 Å². The van der Waals surface area contributed by atoms with E-state index >= 15 is 0 Å². The van der Waals surface area contributed by atoms with Crippen molar-refractivity contribution in [2.75, 3.05) is 12.8 Å². The van der Waals surface area contributed by atoms with Gasteiger partial charge >= 0.3 is 0 Å². The molecule has 0 aliphatic heterocycles. The summed E-state index contributed by atoms with van der Waals surface area (Å²) >= 11 is 7.48. The number of carbonyl (C=O) groups excluding carboxylic acids is 1. The van der Waals surface area contributed by atoms with Gasteiger partial charge in [-0.3, -0.25) is 4.79 Å². The van der Waals surface area contributed by atoms with Crippen LogP contribution in [0, 0.1) is 0 Å². The van der Waals surface area contributed by atoms with Crippen molar-refractivity contribution in [3.63, 3.8) is 0 Å². The van der Waals surface area contributed by atoms with E-state index < -0.39 is 6.10 Å². The first-order valence-electron chi connectivity index (χ1n) is 4.84. The van der Waals surface area contributed by atoms with Crippen molar-refractivity contribution < 1.29 is 9.90 Å². The van der Waals surface area contributed by atoms with Crippen LogP contribution in [-0.2, 0) is 0 Å². The topological polar surface area (TPSA) is 49.3 Å². The molecule has 0 heterocycles. The number of hydrogen-bond acceptors (Lipinski definition) is 3. The summed E-state index contributed by atoms with van der Waals surface area (Å²) in [4.78, 5) is 12.7. The maximum absolute atomic E-state index is 11.7. The molecule has 1 atom stereocenters. The van der Waals surface area contributed by atoms with Crippen LogP contribution in [-0.4, -0.2) is 29.9 Å². The third-order valence-corrected chi connectivity index (χ3v) is 3.03. The van der Waals surface area contributed by atoms with Gasteiger partial charge in [-0.15, -0.1) is 11.8 Å². The number of thioether (sulfide) groups is 1. The number of carbonyl (C=O) groups is 1. The predicted octanol–water partition coefficient (Wildman–Crippen LogP) is 2.17. The summed E-state index contributed by atoms with van der Waals surface area (Å²) in [6.45, 7) is 1.83. The fraction of sp³-hybridized carbons (Fsp3) is 0.364. The van der Waals surface area contributed by atoms with Gasteiger partial charge in [-0.2, -0.15) is 0 Å². The zero-order chi connectivity index (χ0) is 12.1. The highest BCUT2D eigenvalue weighted by Gasteiger charge is 2.11. The van der Waals surface area contributed by atoms with Gasteiger partial charge in [0.15, 0.2) is 0 Å². The van der Waals surface area contributed by atoms with Gasteiger partial charge in [-0.05, 0) is 31.4 Å². The number of aliphatic hydroxyl groups is 1. The lowest BCUT2D eigenvalue weighted by atomic mass is 10.2. The van der Waals surface area contributed by atoms with E-state index in [1.54, 1.807) is 30.8 Å². The largest absolute Gasteiger partial charge is 0.392 e. The first-order chi connectivity index (χ1) is 7.54. The Kier molecular flexibility index (Phi) is 5.12. The zero-order valence-electron chi connectivity index (χ0n) is 9.16. The number of hydrogen-bond donors (Lipinski definition) is 2. The molecule has 1 rings (SSSR count). The fourth-order valence-corrected chi connectivity index (χ4v) is 1.78. The Labute approximate surface area is 104 Å². The summed E-state index contributed by atoms with van der Waals surface area (Å²) in [6.07, 6.45) is 1.37. The highest BCUT2D eigenvalue weighted by atomic mass is 35.5. The Hall–Kier alpha value is -0.710. The maximum Gasteiger partial charge on any atom is 0.252 e. The molecule has 3 nitrogen and oxygen atoms in total.